The zero-order chi connectivity index (χ0) is 8.48. The highest BCUT2D eigenvalue weighted by atomic mass is 16.1. The molecule has 0 saturated heterocycles. The molecule has 1 aliphatic carbocycles. The van der Waals surface area contributed by atoms with Gasteiger partial charge in [-0.25, -0.2) is 0 Å². The van der Waals surface area contributed by atoms with Crippen LogP contribution in [0.15, 0.2) is 24.8 Å². The first-order valence-electron chi connectivity index (χ1n) is 3.92. The maximum Gasteiger partial charge on any atom is 0.161 e. The number of hydrogen-bond acceptors (Lipinski definition) is 1. The molecule has 0 bridgehead atoms. The quantitative estimate of drug-likeness (QED) is 0.524. The Labute approximate surface area is 67.8 Å². The Kier molecular flexibility index (Phi) is 1.99. The monoisotopic (exact) mass is 150 g/mol. The number of carbonyl (C=O) groups is 1. The Morgan fingerprint density at radius 1 is 1.73 bits per heavy atom. The van der Waals surface area contributed by atoms with Crippen molar-refractivity contribution in [1.29, 1.82) is 0 Å². The van der Waals surface area contributed by atoms with Crippen molar-refractivity contribution in [3.05, 3.63) is 24.8 Å². The molecule has 0 aliphatic heterocycles. The maximum atomic E-state index is 11.4. The van der Waals surface area contributed by atoms with Gasteiger partial charge in [-0.05, 0) is 18.4 Å². The molecule has 0 aromatic rings. The maximum absolute atomic E-state index is 11.4. The minimum Gasteiger partial charge on any atom is -0.294 e. The summed E-state index contributed by atoms with van der Waals surface area (Å²) in [6, 6.07) is 0. The molecule has 1 heteroatoms. The second-order valence-corrected chi connectivity index (χ2v) is 3.57. The molecule has 0 N–H and O–H groups in total. The van der Waals surface area contributed by atoms with Crippen LogP contribution in [0.4, 0.5) is 0 Å². The van der Waals surface area contributed by atoms with Gasteiger partial charge in [0.1, 0.15) is 0 Å². The standard InChI is InChI=1S/C10H14O/c1-4-8-6-5-7-9(11)10(8,2)3/h4-5,7-8H,1,6H2,2-3H3/t8-/m1/s1. The molecule has 1 aliphatic rings. The summed E-state index contributed by atoms with van der Waals surface area (Å²) in [6.45, 7) is 7.68. The second kappa shape index (κ2) is 2.65. The van der Waals surface area contributed by atoms with Gasteiger partial charge < -0.3 is 0 Å². The first-order valence-corrected chi connectivity index (χ1v) is 3.92. The van der Waals surface area contributed by atoms with Crippen molar-refractivity contribution in [3.8, 4) is 0 Å². The fourth-order valence-electron chi connectivity index (χ4n) is 1.40. The topological polar surface area (TPSA) is 17.1 Å². The summed E-state index contributed by atoms with van der Waals surface area (Å²) < 4.78 is 0. The summed E-state index contributed by atoms with van der Waals surface area (Å²) in [4.78, 5) is 11.4. The van der Waals surface area contributed by atoms with Crippen molar-refractivity contribution in [2.24, 2.45) is 11.3 Å². The predicted octanol–water partition coefficient (Wildman–Crippen LogP) is 2.34. The van der Waals surface area contributed by atoms with E-state index in [2.05, 4.69) is 6.58 Å². The average molecular weight is 150 g/mol. The van der Waals surface area contributed by atoms with Crippen molar-refractivity contribution in [2.75, 3.05) is 0 Å². The van der Waals surface area contributed by atoms with Gasteiger partial charge in [0.15, 0.2) is 5.78 Å². The minimum absolute atomic E-state index is 0.216. The number of rotatable bonds is 1. The summed E-state index contributed by atoms with van der Waals surface area (Å²) in [6.07, 6.45) is 6.43. The van der Waals surface area contributed by atoms with Crippen molar-refractivity contribution in [3.63, 3.8) is 0 Å². The zero-order valence-corrected chi connectivity index (χ0v) is 7.13. The molecule has 1 nitrogen and oxygen atoms in total. The highest BCUT2D eigenvalue weighted by Crippen LogP contribution is 2.35. The van der Waals surface area contributed by atoms with E-state index in [-0.39, 0.29) is 11.2 Å². The van der Waals surface area contributed by atoms with Crippen LogP contribution < -0.4 is 0 Å². The lowest BCUT2D eigenvalue weighted by Gasteiger charge is -2.31. The highest BCUT2D eigenvalue weighted by Gasteiger charge is 2.34. The van der Waals surface area contributed by atoms with E-state index in [1.54, 1.807) is 6.08 Å². The first-order chi connectivity index (χ1) is 5.09. The van der Waals surface area contributed by atoms with Gasteiger partial charge in [-0.15, -0.1) is 6.58 Å². The average Bonchev–Trinajstić information content (AvgIpc) is 1.95. The van der Waals surface area contributed by atoms with E-state index < -0.39 is 0 Å². The molecule has 60 valence electrons. The molecule has 0 radical (unpaired) electrons. The summed E-state index contributed by atoms with van der Waals surface area (Å²) in [5.74, 6) is 0.522. The third-order valence-corrected chi connectivity index (χ3v) is 2.51. The lowest BCUT2D eigenvalue weighted by Crippen LogP contribution is -2.32. The largest absolute Gasteiger partial charge is 0.294 e. The van der Waals surface area contributed by atoms with Crippen molar-refractivity contribution in [1.82, 2.24) is 0 Å². The first kappa shape index (κ1) is 8.25. The van der Waals surface area contributed by atoms with Crippen molar-refractivity contribution >= 4 is 5.78 Å². The van der Waals surface area contributed by atoms with Gasteiger partial charge in [0.25, 0.3) is 0 Å². The molecule has 0 amide bonds. The van der Waals surface area contributed by atoms with E-state index in [1.165, 1.54) is 0 Å². The predicted molar refractivity (Wildman–Crippen MR) is 46.2 cm³/mol. The van der Waals surface area contributed by atoms with E-state index in [4.69, 9.17) is 0 Å². The SMILES string of the molecule is C=C[C@@H]1CC=CC(=O)C1(C)C. The van der Waals surface area contributed by atoms with Gasteiger partial charge in [-0.3, -0.25) is 4.79 Å². The smallest absolute Gasteiger partial charge is 0.161 e. The van der Waals surface area contributed by atoms with Gasteiger partial charge in [0.05, 0.1) is 0 Å². The van der Waals surface area contributed by atoms with Crippen LogP contribution in [0.1, 0.15) is 20.3 Å². The number of ketones is 1. The summed E-state index contributed by atoms with van der Waals surface area (Å²) >= 11 is 0. The van der Waals surface area contributed by atoms with E-state index in [1.807, 2.05) is 26.0 Å². The van der Waals surface area contributed by atoms with E-state index >= 15 is 0 Å². The third kappa shape index (κ3) is 1.28. The molecule has 0 unspecified atom stereocenters. The fourth-order valence-corrected chi connectivity index (χ4v) is 1.40. The van der Waals surface area contributed by atoms with Crippen LogP contribution in [0.25, 0.3) is 0 Å². The Morgan fingerprint density at radius 3 is 2.82 bits per heavy atom. The molecule has 1 rings (SSSR count). The van der Waals surface area contributed by atoms with Crippen molar-refractivity contribution < 1.29 is 4.79 Å². The van der Waals surface area contributed by atoms with Crippen LogP contribution in [-0.2, 0) is 4.79 Å². The van der Waals surface area contributed by atoms with E-state index in [9.17, 15) is 4.79 Å². The van der Waals surface area contributed by atoms with E-state index in [0.717, 1.165) is 6.42 Å². The Hall–Kier alpha value is -0.850. The molecule has 0 aromatic heterocycles. The van der Waals surface area contributed by atoms with Crippen LogP contribution >= 0.6 is 0 Å². The Morgan fingerprint density at radius 2 is 2.36 bits per heavy atom. The number of allylic oxidation sites excluding steroid dienone is 3. The zero-order valence-electron chi connectivity index (χ0n) is 7.13. The molecule has 0 saturated carbocycles. The second-order valence-electron chi connectivity index (χ2n) is 3.57. The molecule has 0 heterocycles. The Bertz CT molecular complexity index is 211. The van der Waals surface area contributed by atoms with Gasteiger partial charge in [0, 0.05) is 5.41 Å². The molecule has 0 spiro atoms. The summed E-state index contributed by atoms with van der Waals surface area (Å²) in [5.41, 5.74) is -0.240. The number of hydrogen-bond donors (Lipinski definition) is 0. The van der Waals surface area contributed by atoms with Crippen LogP contribution in [0.3, 0.4) is 0 Å². The molecule has 11 heavy (non-hydrogen) atoms. The van der Waals surface area contributed by atoms with E-state index in [0.29, 0.717) is 5.92 Å². The highest BCUT2D eigenvalue weighted by molar-refractivity contribution is 5.95. The van der Waals surface area contributed by atoms with Gasteiger partial charge in [-0.2, -0.15) is 0 Å². The summed E-state index contributed by atoms with van der Waals surface area (Å²) in [7, 11) is 0. The molecular weight excluding hydrogens is 136 g/mol. The normalized spacial score (nSPS) is 28.5. The van der Waals surface area contributed by atoms with Crippen molar-refractivity contribution in [2.45, 2.75) is 20.3 Å². The molecule has 0 aromatic carbocycles. The third-order valence-electron chi connectivity index (χ3n) is 2.51. The lowest BCUT2D eigenvalue weighted by atomic mass is 9.71. The van der Waals surface area contributed by atoms with Gasteiger partial charge in [0.2, 0.25) is 0 Å². The van der Waals surface area contributed by atoms with Crippen LogP contribution in [0.2, 0.25) is 0 Å². The molecule has 0 fully saturated rings. The van der Waals surface area contributed by atoms with Crippen LogP contribution in [0.5, 0.6) is 0 Å². The van der Waals surface area contributed by atoms with Gasteiger partial charge >= 0.3 is 0 Å². The lowest BCUT2D eigenvalue weighted by molar-refractivity contribution is -0.124. The Balaban J connectivity index is 2.94. The molecular formula is C10H14O. The minimum atomic E-state index is -0.240. The fraction of sp³-hybridized carbons (Fsp3) is 0.500. The van der Waals surface area contributed by atoms with Gasteiger partial charge in [-0.1, -0.05) is 26.0 Å². The number of carbonyl (C=O) groups excluding carboxylic acids is 1. The molecule has 1 atom stereocenters. The summed E-state index contributed by atoms with van der Waals surface area (Å²) in [5, 5.41) is 0. The van der Waals surface area contributed by atoms with Crippen LogP contribution in [0, 0.1) is 11.3 Å². The van der Waals surface area contributed by atoms with Crippen LogP contribution in [-0.4, -0.2) is 5.78 Å².